The first-order valence-corrected chi connectivity index (χ1v) is 7.05. The molecule has 0 aromatic carbocycles. The third kappa shape index (κ3) is 2.31. The van der Waals surface area contributed by atoms with Gasteiger partial charge < -0.3 is 4.98 Å². The van der Waals surface area contributed by atoms with Crippen molar-refractivity contribution < 1.29 is 0 Å². The third-order valence-electron chi connectivity index (χ3n) is 2.94. The van der Waals surface area contributed by atoms with Crippen molar-refractivity contribution in [1.29, 1.82) is 0 Å². The fraction of sp³-hybridized carbons (Fsp3) is 0.308. The third-order valence-corrected chi connectivity index (χ3v) is 4.04. The Labute approximate surface area is 114 Å². The molecule has 19 heavy (non-hydrogen) atoms. The highest BCUT2D eigenvalue weighted by Gasteiger charge is 2.09. The molecule has 1 N–H and O–H groups in total. The van der Waals surface area contributed by atoms with Crippen molar-refractivity contribution in [3.63, 3.8) is 0 Å². The number of hydrogen-bond donors (Lipinski definition) is 1. The number of thiophene rings is 1. The molecular formula is C13H14N4OS. The van der Waals surface area contributed by atoms with Crippen LogP contribution in [-0.2, 0) is 13.0 Å². The van der Waals surface area contributed by atoms with E-state index in [1.165, 1.54) is 4.88 Å². The van der Waals surface area contributed by atoms with E-state index in [1.54, 1.807) is 34.6 Å². The average Bonchev–Trinajstić information content (AvgIpc) is 3.02. The number of H-pyrrole nitrogens is 1. The van der Waals surface area contributed by atoms with Crippen molar-refractivity contribution >= 4 is 21.6 Å². The number of aromatic amines is 1. The summed E-state index contributed by atoms with van der Waals surface area (Å²) < 4.78 is 1.59. The summed E-state index contributed by atoms with van der Waals surface area (Å²) in [6.45, 7) is 2.56. The number of rotatable bonds is 4. The van der Waals surface area contributed by atoms with E-state index in [0.717, 1.165) is 23.5 Å². The standard InChI is InChI=1S/C13H14N4OS/c1-2-3-9-6-10-12(19-9)16-8-17(13(10)18)7-11-14-4-5-15-11/h4-6,8H,2-3,7H2,1H3,(H,14,15). The summed E-state index contributed by atoms with van der Waals surface area (Å²) in [5, 5.41) is 0.711. The highest BCUT2D eigenvalue weighted by molar-refractivity contribution is 7.18. The molecule has 0 aliphatic heterocycles. The van der Waals surface area contributed by atoms with Gasteiger partial charge in [0, 0.05) is 17.3 Å². The largest absolute Gasteiger partial charge is 0.347 e. The molecule has 3 aromatic rings. The summed E-state index contributed by atoms with van der Waals surface area (Å²) in [5.74, 6) is 0.757. The van der Waals surface area contributed by atoms with Crippen LogP contribution < -0.4 is 5.56 Å². The Balaban J connectivity index is 2.02. The van der Waals surface area contributed by atoms with Crippen molar-refractivity contribution in [2.24, 2.45) is 0 Å². The second kappa shape index (κ2) is 4.97. The van der Waals surface area contributed by atoms with Crippen LogP contribution in [0.4, 0.5) is 0 Å². The molecule has 0 aliphatic carbocycles. The number of nitrogens with one attached hydrogen (secondary N) is 1. The topological polar surface area (TPSA) is 63.6 Å². The average molecular weight is 274 g/mol. The van der Waals surface area contributed by atoms with Crippen LogP contribution in [0.25, 0.3) is 10.2 Å². The summed E-state index contributed by atoms with van der Waals surface area (Å²) in [4.78, 5) is 25.9. The van der Waals surface area contributed by atoms with E-state index < -0.39 is 0 Å². The van der Waals surface area contributed by atoms with Crippen LogP contribution in [-0.4, -0.2) is 19.5 Å². The van der Waals surface area contributed by atoms with Crippen LogP contribution >= 0.6 is 11.3 Å². The summed E-state index contributed by atoms with van der Waals surface area (Å²) in [5.41, 5.74) is 0.00000283. The number of imidazole rings is 1. The highest BCUT2D eigenvalue weighted by Crippen LogP contribution is 2.21. The van der Waals surface area contributed by atoms with Gasteiger partial charge in [-0.1, -0.05) is 13.3 Å². The maximum Gasteiger partial charge on any atom is 0.262 e. The zero-order chi connectivity index (χ0) is 13.2. The lowest BCUT2D eigenvalue weighted by Gasteiger charge is -2.01. The van der Waals surface area contributed by atoms with Gasteiger partial charge in [-0.25, -0.2) is 9.97 Å². The molecule has 0 radical (unpaired) electrons. The molecule has 0 saturated carbocycles. The SMILES string of the molecule is CCCc1cc2c(=O)n(Cc3ncc[nH]3)cnc2s1. The highest BCUT2D eigenvalue weighted by atomic mass is 32.1. The number of fused-ring (bicyclic) bond motifs is 1. The smallest absolute Gasteiger partial charge is 0.262 e. The maximum atomic E-state index is 12.4. The van der Waals surface area contributed by atoms with E-state index in [2.05, 4.69) is 21.9 Å². The van der Waals surface area contributed by atoms with Crippen LogP contribution in [0.15, 0.2) is 29.6 Å². The van der Waals surface area contributed by atoms with E-state index in [0.29, 0.717) is 11.9 Å². The molecule has 0 spiro atoms. The molecule has 0 atom stereocenters. The van der Waals surface area contributed by atoms with Gasteiger partial charge in [-0.2, -0.15) is 0 Å². The van der Waals surface area contributed by atoms with Gasteiger partial charge in [0.2, 0.25) is 0 Å². The lowest BCUT2D eigenvalue weighted by Crippen LogP contribution is -2.21. The Morgan fingerprint density at radius 2 is 2.32 bits per heavy atom. The molecule has 0 saturated heterocycles. The minimum Gasteiger partial charge on any atom is -0.347 e. The van der Waals surface area contributed by atoms with Crippen molar-refractivity contribution in [3.8, 4) is 0 Å². The molecule has 6 heteroatoms. The van der Waals surface area contributed by atoms with Gasteiger partial charge in [0.05, 0.1) is 18.3 Å². The van der Waals surface area contributed by atoms with E-state index in [4.69, 9.17) is 0 Å². The first kappa shape index (κ1) is 12.1. The number of hydrogen-bond acceptors (Lipinski definition) is 4. The Morgan fingerprint density at radius 3 is 3.05 bits per heavy atom. The molecule has 0 aliphatic rings. The monoisotopic (exact) mass is 274 g/mol. The number of aromatic nitrogens is 4. The summed E-state index contributed by atoms with van der Waals surface area (Å²) >= 11 is 1.60. The minimum absolute atomic E-state index is 0.00000283. The van der Waals surface area contributed by atoms with Crippen molar-refractivity contribution in [2.75, 3.05) is 0 Å². The lowest BCUT2D eigenvalue weighted by molar-refractivity contribution is 0.716. The summed E-state index contributed by atoms with van der Waals surface area (Å²) in [6, 6.07) is 1.97. The molecule has 0 unspecified atom stereocenters. The predicted molar refractivity (Wildman–Crippen MR) is 75.6 cm³/mol. The van der Waals surface area contributed by atoms with Gasteiger partial charge in [-0.3, -0.25) is 9.36 Å². The fourth-order valence-electron chi connectivity index (χ4n) is 2.04. The molecule has 3 aromatic heterocycles. The zero-order valence-electron chi connectivity index (χ0n) is 10.6. The second-order valence-electron chi connectivity index (χ2n) is 4.40. The molecule has 0 bridgehead atoms. The Morgan fingerprint density at radius 1 is 1.42 bits per heavy atom. The van der Waals surface area contributed by atoms with Crippen LogP contribution in [0.2, 0.25) is 0 Å². The van der Waals surface area contributed by atoms with Crippen LogP contribution in [0.1, 0.15) is 24.0 Å². The van der Waals surface area contributed by atoms with E-state index in [9.17, 15) is 4.79 Å². The van der Waals surface area contributed by atoms with Crippen molar-refractivity contribution in [3.05, 3.63) is 45.8 Å². The molecule has 3 rings (SSSR count). The molecule has 98 valence electrons. The number of aryl methyl sites for hydroxylation is 1. The Kier molecular flexibility index (Phi) is 3.16. The van der Waals surface area contributed by atoms with Gasteiger partial charge in [-0.15, -0.1) is 11.3 Å². The number of nitrogens with zero attached hydrogens (tertiary/aromatic N) is 3. The Hall–Kier alpha value is -1.95. The Bertz CT molecular complexity index is 742. The van der Waals surface area contributed by atoms with Gasteiger partial charge in [-0.05, 0) is 12.5 Å². The molecule has 0 amide bonds. The summed E-state index contributed by atoms with van der Waals surface area (Å²) in [6.07, 6.45) is 7.10. The first-order valence-electron chi connectivity index (χ1n) is 6.24. The van der Waals surface area contributed by atoms with Crippen LogP contribution in [0.5, 0.6) is 0 Å². The molecule has 0 fully saturated rings. The molecular weight excluding hydrogens is 260 g/mol. The van der Waals surface area contributed by atoms with Crippen molar-refractivity contribution in [2.45, 2.75) is 26.3 Å². The minimum atomic E-state index is 0.00000283. The van der Waals surface area contributed by atoms with Gasteiger partial charge in [0.25, 0.3) is 5.56 Å². The van der Waals surface area contributed by atoms with Crippen LogP contribution in [0.3, 0.4) is 0 Å². The molecule has 3 heterocycles. The predicted octanol–water partition coefficient (Wildman–Crippen LogP) is 2.18. The van der Waals surface area contributed by atoms with Gasteiger partial charge in [0.1, 0.15) is 10.7 Å². The van der Waals surface area contributed by atoms with E-state index in [1.807, 2.05) is 6.07 Å². The lowest BCUT2D eigenvalue weighted by atomic mass is 10.2. The fourth-order valence-corrected chi connectivity index (χ4v) is 3.13. The first-order chi connectivity index (χ1) is 9.28. The van der Waals surface area contributed by atoms with E-state index in [-0.39, 0.29) is 5.56 Å². The van der Waals surface area contributed by atoms with E-state index >= 15 is 0 Å². The maximum absolute atomic E-state index is 12.4. The van der Waals surface area contributed by atoms with Gasteiger partial charge in [0.15, 0.2) is 0 Å². The van der Waals surface area contributed by atoms with Crippen LogP contribution in [0, 0.1) is 0 Å². The summed E-state index contributed by atoms with van der Waals surface area (Å²) in [7, 11) is 0. The zero-order valence-corrected chi connectivity index (χ0v) is 11.4. The normalized spacial score (nSPS) is 11.2. The van der Waals surface area contributed by atoms with Gasteiger partial charge >= 0.3 is 0 Å². The molecule has 5 nitrogen and oxygen atoms in total. The quantitative estimate of drug-likeness (QED) is 0.793. The van der Waals surface area contributed by atoms with Crippen molar-refractivity contribution in [1.82, 2.24) is 19.5 Å². The second-order valence-corrected chi connectivity index (χ2v) is 5.51.